The van der Waals surface area contributed by atoms with Crippen LogP contribution in [-0.2, 0) is 0 Å². The highest BCUT2D eigenvalue weighted by Gasteiger charge is 1.93. The van der Waals surface area contributed by atoms with Crippen molar-refractivity contribution in [1.82, 2.24) is 0 Å². The number of benzene rings is 2. The lowest BCUT2D eigenvalue weighted by atomic mass is 10.1. The fraction of sp³-hybridized carbons (Fsp3) is 0.167. The van der Waals surface area contributed by atoms with Crippen molar-refractivity contribution in [2.24, 2.45) is 0 Å². The van der Waals surface area contributed by atoms with Gasteiger partial charge in [-0.3, -0.25) is 0 Å². The minimum absolute atomic E-state index is 0.806. The Morgan fingerprint density at radius 3 is 2.29 bits per heavy atom. The van der Waals surface area contributed by atoms with E-state index in [2.05, 4.69) is 28.1 Å². The lowest BCUT2D eigenvalue weighted by Crippen LogP contribution is -1.83. The first kappa shape index (κ1) is 11.1. The molecule has 0 atom stereocenters. The third kappa shape index (κ3) is 2.48. The van der Waals surface area contributed by atoms with Crippen molar-refractivity contribution < 1.29 is 0 Å². The van der Waals surface area contributed by atoms with E-state index in [0.717, 1.165) is 10.2 Å². The van der Waals surface area contributed by atoms with Gasteiger partial charge in [-0.25, -0.2) is 0 Å². The third-order valence-electron chi connectivity index (χ3n) is 1.83. The first-order valence-electron chi connectivity index (χ1n) is 4.70. The predicted molar refractivity (Wildman–Crippen MR) is 67.4 cm³/mol. The summed E-state index contributed by atoms with van der Waals surface area (Å²) >= 11 is 3.42. The monoisotopic (exact) mass is 251 g/mol. The average molecular weight is 252 g/mol. The van der Waals surface area contributed by atoms with Crippen LogP contribution in [0.5, 0.6) is 0 Å². The van der Waals surface area contributed by atoms with E-state index in [4.69, 9.17) is 5.73 Å². The normalized spacial score (nSPS) is 9.36. The Morgan fingerprint density at radius 1 is 0.929 bits per heavy atom. The van der Waals surface area contributed by atoms with Crippen LogP contribution in [0, 0.1) is 0 Å². The fourth-order valence-corrected chi connectivity index (χ4v) is 1.61. The molecular formula is C12H14BrN. The van der Waals surface area contributed by atoms with E-state index in [9.17, 15) is 0 Å². The van der Waals surface area contributed by atoms with Gasteiger partial charge in [0.15, 0.2) is 0 Å². The predicted octanol–water partition coefficient (Wildman–Crippen LogP) is 4.21. The highest BCUT2D eigenvalue weighted by molar-refractivity contribution is 9.10. The molecule has 0 saturated carbocycles. The van der Waals surface area contributed by atoms with Crippen LogP contribution >= 0.6 is 15.9 Å². The molecule has 2 N–H and O–H groups in total. The molecule has 0 aliphatic rings. The molecule has 0 aromatic heterocycles. The fourth-order valence-electron chi connectivity index (χ4n) is 1.24. The Kier molecular flexibility index (Phi) is 3.96. The zero-order valence-electron chi connectivity index (χ0n) is 8.42. The van der Waals surface area contributed by atoms with Crippen LogP contribution < -0.4 is 5.73 Å². The van der Waals surface area contributed by atoms with Crippen LogP contribution in [0.2, 0.25) is 0 Å². The van der Waals surface area contributed by atoms with Crippen LogP contribution in [0.15, 0.2) is 40.9 Å². The Labute approximate surface area is 93.1 Å². The smallest absolute Gasteiger partial charge is 0.0320 e. The number of nitrogens with two attached hydrogens (primary N) is 1. The summed E-state index contributed by atoms with van der Waals surface area (Å²) in [7, 11) is 0. The summed E-state index contributed by atoms with van der Waals surface area (Å²) in [5.41, 5.74) is 6.46. The molecule has 0 amide bonds. The molecule has 0 bridgehead atoms. The van der Waals surface area contributed by atoms with E-state index in [1.54, 1.807) is 0 Å². The van der Waals surface area contributed by atoms with Crippen molar-refractivity contribution in [2.75, 3.05) is 5.73 Å². The molecule has 0 radical (unpaired) electrons. The van der Waals surface area contributed by atoms with Gasteiger partial charge in [-0.2, -0.15) is 0 Å². The second-order valence-corrected chi connectivity index (χ2v) is 3.67. The Hall–Kier alpha value is -1.02. The number of anilines is 1. The second kappa shape index (κ2) is 5.01. The Bertz CT molecular complexity index is 387. The van der Waals surface area contributed by atoms with Gasteiger partial charge in [0.25, 0.3) is 0 Å². The topological polar surface area (TPSA) is 26.0 Å². The summed E-state index contributed by atoms with van der Waals surface area (Å²) < 4.78 is 1.08. The van der Waals surface area contributed by atoms with E-state index < -0.39 is 0 Å². The first-order valence-corrected chi connectivity index (χ1v) is 5.50. The number of rotatable bonds is 0. The van der Waals surface area contributed by atoms with E-state index in [-0.39, 0.29) is 0 Å². The Balaban J connectivity index is 0.000000461. The van der Waals surface area contributed by atoms with Crippen molar-refractivity contribution in [3.8, 4) is 0 Å². The molecule has 2 rings (SSSR count). The minimum Gasteiger partial charge on any atom is -0.399 e. The largest absolute Gasteiger partial charge is 0.399 e. The summed E-state index contributed by atoms with van der Waals surface area (Å²) in [6.07, 6.45) is 0. The molecule has 2 heteroatoms. The van der Waals surface area contributed by atoms with E-state index in [1.165, 1.54) is 10.8 Å². The van der Waals surface area contributed by atoms with Gasteiger partial charge in [0.05, 0.1) is 0 Å². The highest BCUT2D eigenvalue weighted by Crippen LogP contribution is 2.21. The lowest BCUT2D eigenvalue weighted by molar-refractivity contribution is 1.50. The van der Waals surface area contributed by atoms with Gasteiger partial charge >= 0.3 is 0 Å². The van der Waals surface area contributed by atoms with E-state index in [0.29, 0.717) is 0 Å². The lowest BCUT2D eigenvalue weighted by Gasteiger charge is -1.99. The molecule has 0 aliphatic carbocycles. The molecule has 74 valence electrons. The molecule has 14 heavy (non-hydrogen) atoms. The molecule has 0 fully saturated rings. The first-order chi connectivity index (χ1) is 6.75. The summed E-state index contributed by atoms with van der Waals surface area (Å²) in [4.78, 5) is 0. The van der Waals surface area contributed by atoms with Crippen molar-refractivity contribution in [3.63, 3.8) is 0 Å². The van der Waals surface area contributed by atoms with Gasteiger partial charge < -0.3 is 5.73 Å². The van der Waals surface area contributed by atoms with Crippen LogP contribution in [-0.4, -0.2) is 0 Å². The standard InChI is InChI=1S/C10H8BrN.C2H6/c11-9-3-1-7-2-4-10(12)6-8(7)5-9;1-2/h1-6H,12H2;1-2H3. The Morgan fingerprint density at radius 2 is 1.57 bits per heavy atom. The summed E-state index contributed by atoms with van der Waals surface area (Å²) in [6.45, 7) is 4.00. The zero-order chi connectivity index (χ0) is 10.6. The van der Waals surface area contributed by atoms with Crippen LogP contribution in [0.4, 0.5) is 5.69 Å². The third-order valence-corrected chi connectivity index (χ3v) is 2.32. The quantitative estimate of drug-likeness (QED) is 0.698. The maximum Gasteiger partial charge on any atom is 0.0320 e. The molecule has 2 aromatic rings. The summed E-state index contributed by atoms with van der Waals surface area (Å²) in [6, 6.07) is 12.1. The van der Waals surface area contributed by atoms with Crippen molar-refractivity contribution >= 4 is 32.4 Å². The molecule has 0 heterocycles. The van der Waals surface area contributed by atoms with Crippen LogP contribution in [0.1, 0.15) is 13.8 Å². The SMILES string of the molecule is CC.Nc1ccc2ccc(Br)cc2c1. The molecule has 1 nitrogen and oxygen atoms in total. The van der Waals surface area contributed by atoms with Crippen molar-refractivity contribution in [2.45, 2.75) is 13.8 Å². The zero-order valence-corrected chi connectivity index (χ0v) is 10.0. The van der Waals surface area contributed by atoms with Gasteiger partial charge in [0.1, 0.15) is 0 Å². The van der Waals surface area contributed by atoms with Gasteiger partial charge in [-0.1, -0.05) is 41.9 Å². The maximum atomic E-state index is 5.66. The number of fused-ring (bicyclic) bond motifs is 1. The maximum absolute atomic E-state index is 5.66. The summed E-state index contributed by atoms with van der Waals surface area (Å²) in [5, 5.41) is 2.39. The van der Waals surface area contributed by atoms with Crippen molar-refractivity contribution in [1.29, 1.82) is 0 Å². The van der Waals surface area contributed by atoms with Gasteiger partial charge in [-0.15, -0.1) is 0 Å². The number of halogens is 1. The van der Waals surface area contributed by atoms with Crippen LogP contribution in [0.3, 0.4) is 0 Å². The second-order valence-electron chi connectivity index (χ2n) is 2.75. The molecule has 0 unspecified atom stereocenters. The number of nitrogen functional groups attached to an aromatic ring is 1. The molecule has 0 saturated heterocycles. The van der Waals surface area contributed by atoms with Crippen LogP contribution in [0.25, 0.3) is 10.8 Å². The molecular weight excluding hydrogens is 238 g/mol. The number of hydrogen-bond donors (Lipinski definition) is 1. The summed E-state index contributed by atoms with van der Waals surface area (Å²) in [5.74, 6) is 0. The highest BCUT2D eigenvalue weighted by atomic mass is 79.9. The molecule has 0 aliphatic heterocycles. The molecule has 2 aromatic carbocycles. The van der Waals surface area contributed by atoms with Gasteiger partial charge in [-0.05, 0) is 35.0 Å². The minimum atomic E-state index is 0.806. The van der Waals surface area contributed by atoms with Crippen molar-refractivity contribution in [3.05, 3.63) is 40.9 Å². The van der Waals surface area contributed by atoms with Gasteiger partial charge in [0, 0.05) is 10.2 Å². The number of hydrogen-bond acceptors (Lipinski definition) is 1. The molecule has 0 spiro atoms. The van der Waals surface area contributed by atoms with E-state index >= 15 is 0 Å². The average Bonchev–Trinajstić information content (AvgIpc) is 2.20. The van der Waals surface area contributed by atoms with E-state index in [1.807, 2.05) is 38.1 Å². The van der Waals surface area contributed by atoms with Gasteiger partial charge in [0.2, 0.25) is 0 Å².